The number of benzene rings is 2. The lowest BCUT2D eigenvalue weighted by molar-refractivity contribution is -0.274. The molecule has 0 radical (unpaired) electrons. The molecule has 39 heavy (non-hydrogen) atoms. The quantitative estimate of drug-likeness (QED) is 0.305. The van der Waals surface area contributed by atoms with Crippen LogP contribution in [0.25, 0.3) is 10.6 Å². The van der Waals surface area contributed by atoms with E-state index in [0.29, 0.717) is 26.3 Å². The molecule has 0 unspecified atom stereocenters. The highest BCUT2D eigenvalue weighted by Gasteiger charge is 2.35. The Hall–Kier alpha value is -3.56. The molecule has 1 amide bonds. The second kappa shape index (κ2) is 11.7. The van der Waals surface area contributed by atoms with Crippen molar-refractivity contribution in [1.82, 2.24) is 15.1 Å². The second-order valence-electron chi connectivity index (χ2n) is 8.34. The molecule has 3 aromatic rings. The van der Waals surface area contributed by atoms with Crippen LogP contribution in [-0.2, 0) is 22.1 Å². The minimum atomic E-state index is -5.05. The van der Waals surface area contributed by atoms with E-state index in [9.17, 15) is 35.9 Å². The Morgan fingerprint density at radius 1 is 1.03 bits per heavy atom. The van der Waals surface area contributed by atoms with Gasteiger partial charge in [0.1, 0.15) is 10.0 Å². The first-order chi connectivity index (χ1) is 18.4. The van der Waals surface area contributed by atoms with E-state index < -0.39 is 35.5 Å². The van der Waals surface area contributed by atoms with Gasteiger partial charge in [0.15, 0.2) is 11.5 Å². The molecule has 15 heteroatoms. The van der Waals surface area contributed by atoms with Gasteiger partial charge in [-0.15, -0.1) is 23.4 Å². The molecular formula is C24H20F6N4O4S. The molecule has 2 heterocycles. The zero-order chi connectivity index (χ0) is 28.2. The van der Waals surface area contributed by atoms with Gasteiger partial charge in [0.2, 0.25) is 5.91 Å². The Morgan fingerprint density at radius 2 is 1.74 bits per heavy atom. The lowest BCUT2D eigenvalue weighted by Crippen LogP contribution is -2.41. The number of ketones is 1. The van der Waals surface area contributed by atoms with Gasteiger partial charge in [0.25, 0.3) is 0 Å². The number of rotatable bonds is 8. The number of ether oxygens (including phenoxy) is 2. The summed E-state index contributed by atoms with van der Waals surface area (Å²) in [6, 6.07) is 7.82. The van der Waals surface area contributed by atoms with Crippen molar-refractivity contribution in [1.29, 1.82) is 0 Å². The fraction of sp³-hybridized carbons (Fsp3) is 0.333. The lowest BCUT2D eigenvalue weighted by Gasteiger charge is -2.26. The number of aromatic nitrogens is 2. The molecule has 4 rings (SSSR count). The van der Waals surface area contributed by atoms with E-state index in [2.05, 4.69) is 20.3 Å². The highest BCUT2D eigenvalue weighted by atomic mass is 32.1. The largest absolute Gasteiger partial charge is 0.573 e. The highest BCUT2D eigenvalue weighted by molar-refractivity contribution is 7.14. The van der Waals surface area contributed by atoms with Crippen molar-refractivity contribution < 1.29 is 45.4 Å². The summed E-state index contributed by atoms with van der Waals surface area (Å²) in [5.41, 5.74) is -1.54. The molecule has 1 aromatic heterocycles. The van der Waals surface area contributed by atoms with Gasteiger partial charge in [-0.3, -0.25) is 14.5 Å². The van der Waals surface area contributed by atoms with E-state index in [1.54, 1.807) is 4.90 Å². The lowest BCUT2D eigenvalue weighted by atomic mass is 10.1. The number of hydrogen-bond acceptors (Lipinski definition) is 8. The second-order valence-corrected chi connectivity index (χ2v) is 9.40. The van der Waals surface area contributed by atoms with Gasteiger partial charge in [-0.25, -0.2) is 0 Å². The molecule has 0 aliphatic carbocycles. The van der Waals surface area contributed by atoms with Crippen LogP contribution < -0.4 is 10.1 Å². The molecule has 0 spiro atoms. The number of nitrogens with one attached hydrogen (secondary N) is 1. The third kappa shape index (κ3) is 7.74. The number of amides is 1. The van der Waals surface area contributed by atoms with Gasteiger partial charge in [-0.05, 0) is 24.3 Å². The molecular weight excluding hydrogens is 554 g/mol. The Labute approximate surface area is 221 Å². The first-order valence-electron chi connectivity index (χ1n) is 11.4. The number of alkyl halides is 6. The number of anilines is 1. The SMILES string of the molecule is O=C(CN1CCOCC1)Nc1cc(C(=O)Cc2nnc(-c3ccccc3C(F)(F)F)s2)ccc1OC(F)(F)F. The minimum absolute atomic E-state index is 0.0456. The smallest absolute Gasteiger partial charge is 0.404 e. The number of morpholine rings is 1. The van der Waals surface area contributed by atoms with Crippen LogP contribution in [0, 0.1) is 0 Å². The average molecular weight is 575 g/mol. The summed E-state index contributed by atoms with van der Waals surface area (Å²) in [6.45, 7) is 1.65. The molecule has 0 bridgehead atoms. The molecule has 1 N–H and O–H groups in total. The van der Waals surface area contributed by atoms with Crippen LogP contribution in [0.1, 0.15) is 20.9 Å². The van der Waals surface area contributed by atoms with Crippen LogP contribution in [0.3, 0.4) is 0 Å². The number of nitrogens with zero attached hydrogens (tertiary/aromatic N) is 3. The Kier molecular flexibility index (Phi) is 8.51. The topological polar surface area (TPSA) is 93.7 Å². The molecule has 0 saturated carbocycles. The maximum Gasteiger partial charge on any atom is 0.573 e. The van der Waals surface area contributed by atoms with E-state index in [1.165, 1.54) is 18.2 Å². The van der Waals surface area contributed by atoms with Crippen LogP contribution in [-0.4, -0.2) is 66.0 Å². The van der Waals surface area contributed by atoms with Crippen LogP contribution in [0.2, 0.25) is 0 Å². The van der Waals surface area contributed by atoms with Crippen molar-refractivity contribution >= 4 is 28.7 Å². The summed E-state index contributed by atoms with van der Waals surface area (Å²) in [5.74, 6) is -1.94. The minimum Gasteiger partial charge on any atom is -0.404 e. The fourth-order valence-corrected chi connectivity index (χ4v) is 4.63. The van der Waals surface area contributed by atoms with Crippen molar-refractivity contribution in [2.75, 3.05) is 38.2 Å². The number of hydrogen-bond donors (Lipinski definition) is 1. The third-order valence-electron chi connectivity index (χ3n) is 5.51. The molecule has 2 aromatic carbocycles. The van der Waals surface area contributed by atoms with Gasteiger partial charge in [-0.2, -0.15) is 13.2 Å². The highest BCUT2D eigenvalue weighted by Crippen LogP contribution is 2.38. The summed E-state index contributed by atoms with van der Waals surface area (Å²) in [6.07, 6.45) is -10.1. The van der Waals surface area contributed by atoms with E-state index in [0.717, 1.165) is 35.6 Å². The molecule has 1 saturated heterocycles. The first-order valence-corrected chi connectivity index (χ1v) is 12.2. The number of halogens is 6. The van der Waals surface area contributed by atoms with Gasteiger partial charge in [0.05, 0.1) is 37.4 Å². The Bertz CT molecular complexity index is 1340. The molecule has 1 fully saturated rings. The molecule has 1 aliphatic rings. The number of Topliss-reactive ketones (excluding diaryl/α,β-unsaturated/α-hetero) is 1. The number of carbonyl (C=O) groups is 2. The maximum absolute atomic E-state index is 13.4. The van der Waals surface area contributed by atoms with Crippen LogP contribution in [0.4, 0.5) is 32.0 Å². The Morgan fingerprint density at radius 3 is 2.44 bits per heavy atom. The zero-order valence-corrected chi connectivity index (χ0v) is 20.8. The third-order valence-corrected chi connectivity index (χ3v) is 6.47. The maximum atomic E-state index is 13.4. The van der Waals surface area contributed by atoms with Crippen LogP contribution >= 0.6 is 11.3 Å². The predicted molar refractivity (Wildman–Crippen MR) is 127 cm³/mol. The zero-order valence-electron chi connectivity index (χ0n) is 19.9. The van der Waals surface area contributed by atoms with Gasteiger partial charge in [-0.1, -0.05) is 29.5 Å². The van der Waals surface area contributed by atoms with E-state index in [-0.39, 0.29) is 39.8 Å². The first kappa shape index (κ1) is 28.4. The number of carbonyl (C=O) groups excluding carboxylic acids is 2. The van der Waals surface area contributed by atoms with E-state index in [1.807, 2.05) is 0 Å². The summed E-state index contributed by atoms with van der Waals surface area (Å²) >= 11 is 0.783. The van der Waals surface area contributed by atoms with Crippen molar-refractivity contribution in [3.8, 4) is 16.3 Å². The summed E-state index contributed by atoms with van der Waals surface area (Å²) in [7, 11) is 0. The van der Waals surface area contributed by atoms with Gasteiger partial charge >= 0.3 is 12.5 Å². The van der Waals surface area contributed by atoms with Gasteiger partial charge < -0.3 is 14.8 Å². The van der Waals surface area contributed by atoms with Crippen LogP contribution in [0.5, 0.6) is 5.75 Å². The molecule has 208 valence electrons. The van der Waals surface area contributed by atoms with E-state index in [4.69, 9.17) is 4.74 Å². The van der Waals surface area contributed by atoms with Crippen molar-refractivity contribution in [3.05, 3.63) is 58.6 Å². The predicted octanol–water partition coefficient (Wildman–Crippen LogP) is 4.82. The Balaban J connectivity index is 1.52. The van der Waals surface area contributed by atoms with Crippen LogP contribution in [0.15, 0.2) is 42.5 Å². The van der Waals surface area contributed by atoms with Crippen molar-refractivity contribution in [3.63, 3.8) is 0 Å². The van der Waals surface area contributed by atoms with Crippen molar-refractivity contribution in [2.45, 2.75) is 19.0 Å². The van der Waals surface area contributed by atoms with Crippen molar-refractivity contribution in [2.24, 2.45) is 0 Å². The fourth-order valence-electron chi connectivity index (χ4n) is 3.76. The normalized spacial score (nSPS) is 14.7. The average Bonchev–Trinajstić information content (AvgIpc) is 3.32. The summed E-state index contributed by atoms with van der Waals surface area (Å²) in [4.78, 5) is 27.1. The standard InChI is InChI=1S/C24H20F6N4O4S/c25-23(26,27)16-4-2-1-3-15(16)22-33-32-21(39-22)12-18(35)14-5-6-19(38-24(28,29)30)17(11-14)31-20(36)13-34-7-9-37-10-8-34/h1-6,11H,7-10,12-13H2,(H,31,36). The molecule has 0 atom stereocenters. The monoisotopic (exact) mass is 574 g/mol. The summed E-state index contributed by atoms with van der Waals surface area (Å²) < 4.78 is 88.0. The molecule has 8 nitrogen and oxygen atoms in total. The summed E-state index contributed by atoms with van der Waals surface area (Å²) in [5, 5.41) is 9.99. The van der Waals surface area contributed by atoms with E-state index >= 15 is 0 Å². The molecule has 1 aliphatic heterocycles. The van der Waals surface area contributed by atoms with Gasteiger partial charge in [0, 0.05) is 24.2 Å².